The zero-order valence-electron chi connectivity index (χ0n) is 17.7. The van der Waals surface area contributed by atoms with Crippen LogP contribution in [0.4, 0.5) is 0 Å². The number of hydrogen-bond acceptors (Lipinski definition) is 4. The average Bonchev–Trinajstić information content (AvgIpc) is 2.73. The van der Waals surface area contributed by atoms with Crippen LogP contribution in [-0.4, -0.2) is 55.8 Å². The summed E-state index contributed by atoms with van der Waals surface area (Å²) in [5, 5.41) is 0. The molecule has 1 aliphatic carbocycles. The highest BCUT2D eigenvalue weighted by Crippen LogP contribution is 2.29. The van der Waals surface area contributed by atoms with E-state index in [0.29, 0.717) is 18.3 Å². The minimum Gasteiger partial charge on any atom is -0.494 e. The molecule has 1 aliphatic heterocycles. The first kappa shape index (κ1) is 22.1. The average molecular weight is 423 g/mol. The van der Waals surface area contributed by atoms with Crippen LogP contribution in [0.25, 0.3) is 0 Å². The molecule has 3 rings (SSSR count). The van der Waals surface area contributed by atoms with Gasteiger partial charge in [0.05, 0.1) is 18.0 Å². The maximum absolute atomic E-state index is 13.5. The first-order valence-electron chi connectivity index (χ1n) is 10.9. The summed E-state index contributed by atoms with van der Waals surface area (Å²) in [7, 11) is -3.75. The van der Waals surface area contributed by atoms with Crippen molar-refractivity contribution in [1.82, 2.24) is 9.21 Å². The molecule has 0 bridgehead atoms. The third-order valence-electron chi connectivity index (χ3n) is 6.15. The van der Waals surface area contributed by atoms with Crippen LogP contribution < -0.4 is 4.74 Å². The summed E-state index contributed by atoms with van der Waals surface area (Å²) in [5.74, 6) is 1.20. The fourth-order valence-corrected chi connectivity index (χ4v) is 5.92. The Morgan fingerprint density at radius 2 is 1.69 bits per heavy atom. The lowest BCUT2D eigenvalue weighted by molar-refractivity contribution is -0.133. The normalized spacial score (nSPS) is 19.5. The number of benzene rings is 1. The number of ether oxygens (including phenoxy) is 1. The number of sulfonamides is 1. The Bertz CT molecular complexity index is 765. The molecule has 0 radical (unpaired) electrons. The van der Waals surface area contributed by atoms with Crippen molar-refractivity contribution in [3.05, 3.63) is 24.3 Å². The van der Waals surface area contributed by atoms with Crippen LogP contribution in [0.15, 0.2) is 29.2 Å². The minimum atomic E-state index is -3.75. The number of nitrogens with zero attached hydrogens (tertiary/aromatic N) is 2. The molecule has 2 fully saturated rings. The molecule has 7 heteroatoms. The van der Waals surface area contributed by atoms with Crippen molar-refractivity contribution in [2.75, 3.05) is 26.2 Å². The SMILES string of the molecule is CCOc1ccc(S(=O)(=O)N(CC(=O)N2CCC(C)CC2)C2CCCCC2)cc1. The van der Waals surface area contributed by atoms with E-state index in [-0.39, 0.29) is 23.4 Å². The molecule has 0 atom stereocenters. The van der Waals surface area contributed by atoms with Crippen LogP contribution in [0.5, 0.6) is 5.75 Å². The fraction of sp³-hybridized carbons (Fsp3) is 0.682. The first-order valence-corrected chi connectivity index (χ1v) is 12.4. The summed E-state index contributed by atoms with van der Waals surface area (Å²) in [6.45, 7) is 6.01. The molecule has 0 unspecified atom stereocenters. The molecule has 6 nitrogen and oxygen atoms in total. The molecule has 29 heavy (non-hydrogen) atoms. The maximum Gasteiger partial charge on any atom is 0.243 e. The highest BCUT2D eigenvalue weighted by Gasteiger charge is 2.35. The second-order valence-corrected chi connectivity index (χ2v) is 10.2. The van der Waals surface area contributed by atoms with Gasteiger partial charge in [-0.2, -0.15) is 4.31 Å². The zero-order valence-corrected chi connectivity index (χ0v) is 18.5. The van der Waals surface area contributed by atoms with Gasteiger partial charge in [-0.1, -0.05) is 26.2 Å². The highest BCUT2D eigenvalue weighted by atomic mass is 32.2. The Hall–Kier alpha value is -1.60. The second-order valence-electron chi connectivity index (χ2n) is 8.31. The summed E-state index contributed by atoms with van der Waals surface area (Å²) in [5.41, 5.74) is 0. The van der Waals surface area contributed by atoms with Gasteiger partial charge in [0.25, 0.3) is 0 Å². The van der Waals surface area contributed by atoms with E-state index >= 15 is 0 Å². The third-order valence-corrected chi connectivity index (χ3v) is 8.06. The van der Waals surface area contributed by atoms with Crippen LogP contribution >= 0.6 is 0 Å². The van der Waals surface area contributed by atoms with Crippen molar-refractivity contribution >= 4 is 15.9 Å². The number of piperidine rings is 1. The van der Waals surface area contributed by atoms with E-state index in [0.717, 1.165) is 58.0 Å². The van der Waals surface area contributed by atoms with E-state index in [1.54, 1.807) is 24.3 Å². The third kappa shape index (κ3) is 5.51. The summed E-state index contributed by atoms with van der Waals surface area (Å²) in [6.07, 6.45) is 6.76. The fourth-order valence-electron chi connectivity index (χ4n) is 4.28. The van der Waals surface area contributed by atoms with Gasteiger partial charge in [-0.05, 0) is 62.8 Å². The summed E-state index contributed by atoms with van der Waals surface area (Å²) in [6, 6.07) is 6.44. The number of amides is 1. The molecule has 1 aromatic carbocycles. The Morgan fingerprint density at radius 3 is 2.28 bits per heavy atom. The molecule has 1 aromatic rings. The Kier molecular flexibility index (Phi) is 7.57. The number of carbonyl (C=O) groups is 1. The molecule has 0 aromatic heterocycles. The zero-order chi connectivity index (χ0) is 20.9. The van der Waals surface area contributed by atoms with Crippen molar-refractivity contribution in [2.24, 2.45) is 5.92 Å². The monoisotopic (exact) mass is 422 g/mol. The van der Waals surface area contributed by atoms with Crippen LogP contribution in [0.1, 0.15) is 58.8 Å². The van der Waals surface area contributed by atoms with Gasteiger partial charge >= 0.3 is 0 Å². The maximum atomic E-state index is 13.5. The smallest absolute Gasteiger partial charge is 0.243 e. The van der Waals surface area contributed by atoms with Crippen LogP contribution in [0.3, 0.4) is 0 Å². The van der Waals surface area contributed by atoms with E-state index in [9.17, 15) is 13.2 Å². The second kappa shape index (κ2) is 9.94. The Morgan fingerprint density at radius 1 is 1.07 bits per heavy atom. The lowest BCUT2D eigenvalue weighted by Crippen LogP contribution is -2.49. The first-order chi connectivity index (χ1) is 13.9. The predicted octanol–water partition coefficient (Wildman–Crippen LogP) is 3.67. The van der Waals surface area contributed by atoms with Crippen LogP contribution in [0, 0.1) is 5.92 Å². The van der Waals surface area contributed by atoms with Crippen LogP contribution in [-0.2, 0) is 14.8 Å². The van der Waals surface area contributed by atoms with Crippen molar-refractivity contribution in [1.29, 1.82) is 0 Å². The minimum absolute atomic E-state index is 0.0609. The number of hydrogen-bond donors (Lipinski definition) is 0. The standard InChI is InChI=1S/C22H34N2O4S/c1-3-28-20-9-11-21(12-10-20)29(26,27)24(19-7-5-4-6-8-19)17-22(25)23-15-13-18(2)14-16-23/h9-12,18-19H,3-8,13-17H2,1-2H3. The Labute approximate surface area is 175 Å². The van der Waals surface area contributed by atoms with Gasteiger partial charge in [0.15, 0.2) is 0 Å². The van der Waals surface area contributed by atoms with Gasteiger partial charge in [0, 0.05) is 19.1 Å². The lowest BCUT2D eigenvalue weighted by Gasteiger charge is -2.36. The van der Waals surface area contributed by atoms with Crippen LogP contribution in [0.2, 0.25) is 0 Å². The summed E-state index contributed by atoms with van der Waals surface area (Å²) >= 11 is 0. The molecule has 1 amide bonds. The van der Waals surface area contributed by atoms with Crippen molar-refractivity contribution in [3.63, 3.8) is 0 Å². The van der Waals surface area contributed by atoms with Crippen molar-refractivity contribution < 1.29 is 17.9 Å². The molecule has 162 valence electrons. The van der Waals surface area contributed by atoms with Gasteiger partial charge in [-0.3, -0.25) is 4.79 Å². The number of likely N-dealkylation sites (tertiary alicyclic amines) is 1. The summed E-state index contributed by atoms with van der Waals surface area (Å²) in [4.78, 5) is 15.0. The van der Waals surface area contributed by atoms with Gasteiger partial charge in [-0.25, -0.2) is 8.42 Å². The van der Waals surface area contributed by atoms with Crippen molar-refractivity contribution in [2.45, 2.75) is 69.7 Å². The van der Waals surface area contributed by atoms with E-state index in [1.807, 2.05) is 11.8 Å². The largest absolute Gasteiger partial charge is 0.494 e. The molecular formula is C22H34N2O4S. The van der Waals surface area contributed by atoms with E-state index in [1.165, 1.54) is 4.31 Å². The molecule has 2 aliphatic rings. The summed E-state index contributed by atoms with van der Waals surface area (Å²) < 4.78 is 33.9. The van der Waals surface area contributed by atoms with Gasteiger partial charge in [0.2, 0.25) is 15.9 Å². The molecular weight excluding hydrogens is 388 g/mol. The molecule has 1 saturated carbocycles. The van der Waals surface area contributed by atoms with Gasteiger partial charge in [-0.15, -0.1) is 0 Å². The van der Waals surface area contributed by atoms with Gasteiger partial charge in [0.1, 0.15) is 5.75 Å². The Balaban J connectivity index is 1.81. The van der Waals surface area contributed by atoms with E-state index < -0.39 is 10.0 Å². The molecule has 0 N–H and O–H groups in total. The van der Waals surface area contributed by atoms with E-state index in [2.05, 4.69) is 6.92 Å². The number of carbonyl (C=O) groups excluding carboxylic acids is 1. The molecule has 1 heterocycles. The van der Waals surface area contributed by atoms with Crippen molar-refractivity contribution in [3.8, 4) is 5.75 Å². The molecule has 1 saturated heterocycles. The predicted molar refractivity (Wildman–Crippen MR) is 113 cm³/mol. The highest BCUT2D eigenvalue weighted by molar-refractivity contribution is 7.89. The topological polar surface area (TPSA) is 66.9 Å². The number of rotatable bonds is 7. The molecule has 0 spiro atoms. The van der Waals surface area contributed by atoms with E-state index in [4.69, 9.17) is 4.74 Å². The lowest BCUT2D eigenvalue weighted by atomic mass is 9.95. The van der Waals surface area contributed by atoms with Gasteiger partial charge < -0.3 is 9.64 Å². The quantitative estimate of drug-likeness (QED) is 0.672.